The van der Waals surface area contributed by atoms with Crippen LogP contribution in [0.25, 0.3) is 10.8 Å². The summed E-state index contributed by atoms with van der Waals surface area (Å²) in [6.45, 7) is 4.74. The van der Waals surface area contributed by atoms with E-state index in [2.05, 4.69) is 28.9 Å². The van der Waals surface area contributed by atoms with Crippen LogP contribution >= 0.6 is 0 Å². The first kappa shape index (κ1) is 12.2. The summed E-state index contributed by atoms with van der Waals surface area (Å²) in [6.07, 6.45) is 4.98. The first-order valence-electron chi connectivity index (χ1n) is 6.78. The predicted molar refractivity (Wildman–Crippen MR) is 78.4 cm³/mol. The third kappa shape index (κ3) is 2.24. The fraction of sp³-hybridized carbons (Fsp3) is 0.400. The number of aromatic nitrogens is 1. The average molecular weight is 257 g/mol. The largest absolute Gasteiger partial charge is 0.397 e. The van der Waals surface area contributed by atoms with Crippen LogP contribution in [0.1, 0.15) is 13.3 Å². The average Bonchev–Trinajstić information content (AvgIpc) is 2.48. The number of ether oxygens (including phenoxy) is 1. The molecule has 4 heteroatoms. The highest BCUT2D eigenvalue weighted by atomic mass is 16.5. The van der Waals surface area contributed by atoms with Crippen molar-refractivity contribution >= 4 is 22.1 Å². The van der Waals surface area contributed by atoms with Gasteiger partial charge in [-0.1, -0.05) is 13.0 Å². The number of pyridine rings is 1. The fourth-order valence-corrected chi connectivity index (χ4v) is 2.64. The summed E-state index contributed by atoms with van der Waals surface area (Å²) in [5.74, 6) is 0. The van der Waals surface area contributed by atoms with E-state index < -0.39 is 0 Å². The van der Waals surface area contributed by atoms with Gasteiger partial charge in [0.1, 0.15) is 0 Å². The van der Waals surface area contributed by atoms with Gasteiger partial charge in [0.15, 0.2) is 0 Å². The Morgan fingerprint density at radius 3 is 3.16 bits per heavy atom. The number of morpholine rings is 1. The lowest BCUT2D eigenvalue weighted by molar-refractivity contribution is 0.0385. The van der Waals surface area contributed by atoms with E-state index in [0.29, 0.717) is 6.10 Å². The molecule has 1 aliphatic heterocycles. The molecular formula is C15H19N3O. The van der Waals surface area contributed by atoms with Crippen molar-refractivity contribution in [3.8, 4) is 0 Å². The number of anilines is 2. The molecule has 0 bridgehead atoms. The van der Waals surface area contributed by atoms with Crippen LogP contribution in [0.15, 0.2) is 30.6 Å². The Balaban J connectivity index is 1.98. The predicted octanol–water partition coefficient (Wildman–Crippen LogP) is 2.43. The van der Waals surface area contributed by atoms with E-state index in [1.807, 2.05) is 12.3 Å². The standard InChI is InChI=1S/C15H19N3O/c1-2-12-10-18(7-8-19-12)14-4-3-11-9-17-6-5-13(11)15(14)16/h3-6,9,12H,2,7-8,10,16H2,1H3. The Morgan fingerprint density at radius 2 is 2.32 bits per heavy atom. The maximum Gasteiger partial charge on any atom is 0.0748 e. The Morgan fingerprint density at radius 1 is 1.42 bits per heavy atom. The molecule has 100 valence electrons. The number of hydrogen-bond donors (Lipinski definition) is 1. The topological polar surface area (TPSA) is 51.4 Å². The van der Waals surface area contributed by atoms with Gasteiger partial charge in [-0.05, 0) is 18.6 Å². The summed E-state index contributed by atoms with van der Waals surface area (Å²) in [5, 5.41) is 2.16. The van der Waals surface area contributed by atoms with Crippen LogP contribution in [0.4, 0.5) is 11.4 Å². The van der Waals surface area contributed by atoms with Crippen molar-refractivity contribution < 1.29 is 4.74 Å². The van der Waals surface area contributed by atoms with Gasteiger partial charge in [-0.25, -0.2) is 0 Å². The summed E-state index contributed by atoms with van der Waals surface area (Å²) >= 11 is 0. The zero-order chi connectivity index (χ0) is 13.2. The second-order valence-electron chi connectivity index (χ2n) is 4.94. The molecule has 1 aromatic carbocycles. The van der Waals surface area contributed by atoms with Crippen LogP contribution in [-0.4, -0.2) is 30.8 Å². The van der Waals surface area contributed by atoms with Crippen LogP contribution in [0.3, 0.4) is 0 Å². The van der Waals surface area contributed by atoms with Crippen molar-refractivity contribution in [1.29, 1.82) is 0 Å². The van der Waals surface area contributed by atoms with E-state index >= 15 is 0 Å². The highest BCUT2D eigenvalue weighted by Gasteiger charge is 2.21. The monoisotopic (exact) mass is 257 g/mol. The molecule has 0 spiro atoms. The number of nitrogens with zero attached hydrogens (tertiary/aromatic N) is 2. The van der Waals surface area contributed by atoms with Gasteiger partial charge in [0, 0.05) is 36.3 Å². The Labute approximate surface area is 113 Å². The Bertz CT molecular complexity index is 585. The molecular weight excluding hydrogens is 238 g/mol. The first-order chi connectivity index (χ1) is 9.29. The van der Waals surface area contributed by atoms with Gasteiger partial charge in [0.2, 0.25) is 0 Å². The maximum atomic E-state index is 6.33. The number of fused-ring (bicyclic) bond motifs is 1. The molecule has 1 aliphatic rings. The van der Waals surface area contributed by atoms with Crippen LogP contribution in [-0.2, 0) is 4.74 Å². The molecule has 4 nitrogen and oxygen atoms in total. The number of rotatable bonds is 2. The van der Waals surface area contributed by atoms with Gasteiger partial charge in [0.25, 0.3) is 0 Å². The maximum absolute atomic E-state index is 6.33. The normalized spacial score (nSPS) is 19.8. The van der Waals surface area contributed by atoms with Crippen molar-refractivity contribution in [1.82, 2.24) is 4.98 Å². The minimum absolute atomic E-state index is 0.307. The molecule has 1 fully saturated rings. The summed E-state index contributed by atoms with van der Waals surface area (Å²) in [5.41, 5.74) is 8.28. The second-order valence-corrected chi connectivity index (χ2v) is 4.94. The smallest absolute Gasteiger partial charge is 0.0748 e. The molecule has 2 aromatic rings. The van der Waals surface area contributed by atoms with Crippen molar-refractivity contribution in [3.05, 3.63) is 30.6 Å². The number of nitrogen functional groups attached to an aromatic ring is 1. The molecule has 3 rings (SSSR count). The highest BCUT2D eigenvalue weighted by Crippen LogP contribution is 2.32. The van der Waals surface area contributed by atoms with E-state index in [1.54, 1.807) is 6.20 Å². The van der Waals surface area contributed by atoms with Crippen LogP contribution in [0, 0.1) is 0 Å². The van der Waals surface area contributed by atoms with Crippen LogP contribution < -0.4 is 10.6 Å². The van der Waals surface area contributed by atoms with E-state index in [9.17, 15) is 0 Å². The fourth-order valence-electron chi connectivity index (χ4n) is 2.64. The number of nitrogens with two attached hydrogens (primary N) is 1. The third-order valence-corrected chi connectivity index (χ3v) is 3.77. The van der Waals surface area contributed by atoms with Gasteiger partial charge >= 0.3 is 0 Å². The van der Waals surface area contributed by atoms with Gasteiger partial charge in [-0.2, -0.15) is 0 Å². The van der Waals surface area contributed by atoms with Crippen LogP contribution in [0.2, 0.25) is 0 Å². The lowest BCUT2D eigenvalue weighted by Gasteiger charge is -2.35. The molecule has 0 amide bonds. The van der Waals surface area contributed by atoms with Gasteiger partial charge in [0.05, 0.1) is 24.1 Å². The van der Waals surface area contributed by atoms with E-state index in [-0.39, 0.29) is 0 Å². The molecule has 0 saturated carbocycles. The lowest BCUT2D eigenvalue weighted by Crippen LogP contribution is -2.42. The third-order valence-electron chi connectivity index (χ3n) is 3.77. The summed E-state index contributed by atoms with van der Waals surface area (Å²) in [6, 6.07) is 6.16. The van der Waals surface area contributed by atoms with Crippen molar-refractivity contribution in [2.24, 2.45) is 0 Å². The van der Waals surface area contributed by atoms with Crippen molar-refractivity contribution in [2.45, 2.75) is 19.4 Å². The molecule has 2 N–H and O–H groups in total. The minimum atomic E-state index is 0.307. The highest BCUT2D eigenvalue weighted by molar-refractivity contribution is 5.98. The van der Waals surface area contributed by atoms with Crippen molar-refractivity contribution in [3.63, 3.8) is 0 Å². The molecule has 19 heavy (non-hydrogen) atoms. The molecule has 1 aromatic heterocycles. The van der Waals surface area contributed by atoms with Gasteiger partial charge < -0.3 is 15.4 Å². The van der Waals surface area contributed by atoms with E-state index in [1.165, 1.54) is 0 Å². The van der Waals surface area contributed by atoms with Crippen molar-refractivity contribution in [2.75, 3.05) is 30.3 Å². The van der Waals surface area contributed by atoms with Gasteiger partial charge in [-0.15, -0.1) is 0 Å². The summed E-state index contributed by atoms with van der Waals surface area (Å²) in [4.78, 5) is 6.46. The molecule has 1 saturated heterocycles. The lowest BCUT2D eigenvalue weighted by atomic mass is 10.1. The van der Waals surface area contributed by atoms with E-state index in [4.69, 9.17) is 10.5 Å². The SMILES string of the molecule is CCC1CN(c2ccc3cnccc3c2N)CCO1. The molecule has 0 aliphatic carbocycles. The van der Waals surface area contributed by atoms with E-state index in [0.717, 1.165) is 48.3 Å². The molecule has 1 unspecified atom stereocenters. The molecule has 1 atom stereocenters. The quantitative estimate of drug-likeness (QED) is 0.839. The summed E-state index contributed by atoms with van der Waals surface area (Å²) in [7, 11) is 0. The zero-order valence-electron chi connectivity index (χ0n) is 11.2. The Kier molecular flexibility index (Phi) is 3.25. The van der Waals surface area contributed by atoms with Crippen LogP contribution in [0.5, 0.6) is 0 Å². The zero-order valence-corrected chi connectivity index (χ0v) is 11.2. The second kappa shape index (κ2) is 5.05. The molecule has 2 heterocycles. The minimum Gasteiger partial charge on any atom is -0.397 e. The first-order valence-corrected chi connectivity index (χ1v) is 6.78. The molecule has 0 radical (unpaired) electrons. The Hall–Kier alpha value is -1.81. The summed E-state index contributed by atoms with van der Waals surface area (Å²) < 4.78 is 5.71. The number of hydrogen-bond acceptors (Lipinski definition) is 4. The van der Waals surface area contributed by atoms with Gasteiger partial charge in [-0.3, -0.25) is 4.98 Å². The number of benzene rings is 1.